The van der Waals surface area contributed by atoms with Crippen molar-refractivity contribution >= 4 is 5.82 Å². The lowest BCUT2D eigenvalue weighted by molar-refractivity contribution is -0.190. The largest absolute Gasteiger partial charge is 0.465 e. The second kappa shape index (κ2) is 4.54. The van der Waals surface area contributed by atoms with Crippen molar-refractivity contribution in [3.63, 3.8) is 0 Å². The van der Waals surface area contributed by atoms with Crippen molar-refractivity contribution in [3.8, 4) is 5.88 Å². The summed E-state index contributed by atoms with van der Waals surface area (Å²) >= 11 is 0. The van der Waals surface area contributed by atoms with Crippen LogP contribution in [-0.2, 0) is 0 Å². The van der Waals surface area contributed by atoms with Crippen molar-refractivity contribution in [2.24, 2.45) is 0 Å². The molecule has 1 unspecified atom stereocenters. The fraction of sp³-hybridized carbons (Fsp3) is 0.556. The molecule has 0 aliphatic rings. The molecule has 1 aromatic rings. The first-order chi connectivity index (χ1) is 7.32. The molecule has 90 valence electrons. The van der Waals surface area contributed by atoms with Gasteiger partial charge in [0.1, 0.15) is 11.6 Å². The third-order valence-electron chi connectivity index (χ3n) is 1.83. The molecule has 0 saturated heterocycles. The Morgan fingerprint density at radius 1 is 1.38 bits per heavy atom. The van der Waals surface area contributed by atoms with E-state index in [0.29, 0.717) is 11.6 Å². The van der Waals surface area contributed by atoms with E-state index in [2.05, 4.69) is 20.0 Å². The number of rotatable bonds is 3. The lowest BCUT2D eigenvalue weighted by atomic mass is 10.4. The van der Waals surface area contributed by atoms with Crippen molar-refractivity contribution in [1.29, 1.82) is 0 Å². The zero-order chi connectivity index (χ0) is 12.3. The van der Waals surface area contributed by atoms with E-state index in [0.717, 1.165) is 6.92 Å². The van der Waals surface area contributed by atoms with Gasteiger partial charge in [-0.2, -0.15) is 18.2 Å². The predicted molar refractivity (Wildman–Crippen MR) is 52.5 cm³/mol. The molecular formula is C9H12F3N3O. The number of nitrogens with zero attached hydrogens (tertiary/aromatic N) is 2. The smallest absolute Gasteiger partial charge is 0.425 e. The third kappa shape index (κ3) is 3.25. The summed E-state index contributed by atoms with van der Waals surface area (Å²) in [6, 6.07) is 1.31. The van der Waals surface area contributed by atoms with Crippen molar-refractivity contribution in [2.45, 2.75) is 26.1 Å². The fourth-order valence-electron chi connectivity index (χ4n) is 0.977. The number of nitrogens with one attached hydrogen (secondary N) is 1. The number of aryl methyl sites for hydroxylation is 1. The Bertz CT molecular complexity index is 368. The Labute approximate surface area is 90.9 Å². The Balaban J connectivity index is 2.85. The van der Waals surface area contributed by atoms with Gasteiger partial charge in [-0.3, -0.25) is 0 Å². The van der Waals surface area contributed by atoms with Gasteiger partial charge in [0, 0.05) is 13.1 Å². The molecule has 7 heteroatoms. The van der Waals surface area contributed by atoms with E-state index in [1.165, 1.54) is 6.07 Å². The van der Waals surface area contributed by atoms with Gasteiger partial charge in [0.2, 0.25) is 5.88 Å². The molecule has 16 heavy (non-hydrogen) atoms. The number of halogens is 3. The molecule has 1 aromatic heterocycles. The van der Waals surface area contributed by atoms with Crippen molar-refractivity contribution in [3.05, 3.63) is 11.9 Å². The summed E-state index contributed by atoms with van der Waals surface area (Å²) in [6.45, 7) is 2.50. The summed E-state index contributed by atoms with van der Waals surface area (Å²) < 4.78 is 41.4. The Kier molecular flexibility index (Phi) is 3.56. The SMILES string of the molecule is CNc1cc(OC(C)C(F)(F)F)nc(C)n1. The fourth-order valence-corrected chi connectivity index (χ4v) is 0.977. The van der Waals surface area contributed by atoms with Crippen LogP contribution in [0.15, 0.2) is 6.07 Å². The van der Waals surface area contributed by atoms with Crippen LogP contribution >= 0.6 is 0 Å². The highest BCUT2D eigenvalue weighted by Crippen LogP contribution is 2.24. The molecule has 0 aliphatic carbocycles. The minimum Gasteiger partial charge on any atom is -0.465 e. The number of ether oxygens (including phenoxy) is 1. The summed E-state index contributed by atoms with van der Waals surface area (Å²) in [5.41, 5.74) is 0. The molecule has 0 fully saturated rings. The highest BCUT2D eigenvalue weighted by Gasteiger charge is 2.38. The molecule has 1 rings (SSSR count). The van der Waals surface area contributed by atoms with E-state index >= 15 is 0 Å². The molecular weight excluding hydrogens is 223 g/mol. The average molecular weight is 235 g/mol. The van der Waals surface area contributed by atoms with Crippen molar-refractivity contribution < 1.29 is 17.9 Å². The van der Waals surface area contributed by atoms with E-state index in [1.807, 2.05) is 0 Å². The molecule has 0 saturated carbocycles. The molecule has 1 N–H and O–H groups in total. The van der Waals surface area contributed by atoms with Gasteiger partial charge in [0.05, 0.1) is 0 Å². The van der Waals surface area contributed by atoms with E-state index in [9.17, 15) is 13.2 Å². The zero-order valence-corrected chi connectivity index (χ0v) is 9.09. The van der Waals surface area contributed by atoms with Crippen LogP contribution in [0.4, 0.5) is 19.0 Å². The molecule has 0 radical (unpaired) electrons. The van der Waals surface area contributed by atoms with Crippen LogP contribution in [0.5, 0.6) is 5.88 Å². The first kappa shape index (κ1) is 12.5. The predicted octanol–water partition coefficient (Wildman–Crippen LogP) is 2.16. The summed E-state index contributed by atoms with van der Waals surface area (Å²) in [5.74, 6) is 0.662. The van der Waals surface area contributed by atoms with E-state index in [1.54, 1.807) is 14.0 Å². The summed E-state index contributed by atoms with van der Waals surface area (Å²) in [4.78, 5) is 7.70. The van der Waals surface area contributed by atoms with Gasteiger partial charge >= 0.3 is 6.18 Å². The second-order valence-electron chi connectivity index (χ2n) is 3.19. The number of alkyl halides is 3. The first-order valence-corrected chi connectivity index (χ1v) is 4.59. The van der Waals surface area contributed by atoms with Gasteiger partial charge in [0.25, 0.3) is 0 Å². The lowest BCUT2D eigenvalue weighted by Crippen LogP contribution is -2.31. The quantitative estimate of drug-likeness (QED) is 0.872. The summed E-state index contributed by atoms with van der Waals surface area (Å²) in [6.07, 6.45) is -6.30. The lowest BCUT2D eigenvalue weighted by Gasteiger charge is -2.17. The Morgan fingerprint density at radius 3 is 2.50 bits per heavy atom. The molecule has 0 bridgehead atoms. The number of anilines is 1. The highest BCUT2D eigenvalue weighted by molar-refractivity contribution is 5.37. The second-order valence-corrected chi connectivity index (χ2v) is 3.19. The van der Waals surface area contributed by atoms with Crippen LogP contribution in [0.1, 0.15) is 12.7 Å². The van der Waals surface area contributed by atoms with E-state index in [-0.39, 0.29) is 5.88 Å². The maximum atomic E-state index is 12.2. The van der Waals surface area contributed by atoms with Gasteiger partial charge in [-0.25, -0.2) is 4.98 Å². The molecule has 1 heterocycles. The van der Waals surface area contributed by atoms with Gasteiger partial charge < -0.3 is 10.1 Å². The Hall–Kier alpha value is -1.53. The number of hydrogen-bond donors (Lipinski definition) is 1. The molecule has 4 nitrogen and oxygen atoms in total. The number of hydrogen-bond acceptors (Lipinski definition) is 4. The third-order valence-corrected chi connectivity index (χ3v) is 1.83. The molecule has 0 amide bonds. The van der Waals surface area contributed by atoms with Crippen LogP contribution in [0.25, 0.3) is 0 Å². The molecule has 1 atom stereocenters. The van der Waals surface area contributed by atoms with Crippen molar-refractivity contribution in [1.82, 2.24) is 9.97 Å². The van der Waals surface area contributed by atoms with Crippen LogP contribution < -0.4 is 10.1 Å². The molecule has 0 spiro atoms. The van der Waals surface area contributed by atoms with E-state index in [4.69, 9.17) is 0 Å². The maximum absolute atomic E-state index is 12.2. The average Bonchev–Trinajstić information content (AvgIpc) is 2.15. The monoisotopic (exact) mass is 235 g/mol. The normalized spacial score (nSPS) is 13.4. The van der Waals surface area contributed by atoms with Crippen LogP contribution in [-0.4, -0.2) is 29.3 Å². The van der Waals surface area contributed by atoms with Crippen LogP contribution in [0.3, 0.4) is 0 Å². The highest BCUT2D eigenvalue weighted by atomic mass is 19.4. The first-order valence-electron chi connectivity index (χ1n) is 4.59. The van der Waals surface area contributed by atoms with Crippen LogP contribution in [0, 0.1) is 6.92 Å². The van der Waals surface area contributed by atoms with Gasteiger partial charge in [0.15, 0.2) is 6.10 Å². The molecule has 0 aromatic carbocycles. The van der Waals surface area contributed by atoms with Gasteiger partial charge in [-0.15, -0.1) is 0 Å². The van der Waals surface area contributed by atoms with Gasteiger partial charge in [-0.1, -0.05) is 0 Å². The van der Waals surface area contributed by atoms with Crippen molar-refractivity contribution in [2.75, 3.05) is 12.4 Å². The minimum atomic E-state index is -4.40. The number of aromatic nitrogens is 2. The van der Waals surface area contributed by atoms with E-state index < -0.39 is 12.3 Å². The minimum absolute atomic E-state index is 0.0957. The topological polar surface area (TPSA) is 47.0 Å². The van der Waals surface area contributed by atoms with Crippen LogP contribution in [0.2, 0.25) is 0 Å². The molecule has 0 aliphatic heterocycles. The van der Waals surface area contributed by atoms with Gasteiger partial charge in [-0.05, 0) is 13.8 Å². The zero-order valence-electron chi connectivity index (χ0n) is 9.09. The standard InChI is InChI=1S/C9H12F3N3O/c1-5(9(10,11)12)16-8-4-7(13-3)14-6(2)15-8/h4-5H,1-3H3,(H,13,14,15). The summed E-state index contributed by atoms with van der Waals surface area (Å²) in [5, 5.41) is 2.71. The summed E-state index contributed by atoms with van der Waals surface area (Å²) in [7, 11) is 1.61. The Morgan fingerprint density at radius 2 is 2.00 bits per heavy atom. The maximum Gasteiger partial charge on any atom is 0.425 e.